The van der Waals surface area contributed by atoms with Gasteiger partial charge in [-0.2, -0.15) is 12.6 Å². The molecular weight excluding hydrogens is 1780 g/mol. The van der Waals surface area contributed by atoms with E-state index in [-0.39, 0.29) is 179 Å². The minimum Gasteiger partial charge on any atom is -0.508 e. The number of phenols is 1. The maximum Gasteiger partial charge on any atom is 0.326 e. The Morgan fingerprint density at radius 1 is 0.351 bits per heavy atom. The number of primary amides is 1. The van der Waals surface area contributed by atoms with E-state index in [1.807, 2.05) is 0 Å². The molecule has 15 amide bonds. The number of benzene rings is 1. The molecule has 0 bridgehead atoms. The van der Waals surface area contributed by atoms with Crippen LogP contribution in [0.25, 0.3) is 0 Å². The summed E-state index contributed by atoms with van der Waals surface area (Å²) in [7, 11) is 0. The average molecular weight is 1920 g/mol. The van der Waals surface area contributed by atoms with Crippen molar-refractivity contribution in [2.75, 3.05) is 77.8 Å². The quantitative estimate of drug-likeness (QED) is 0.0125. The molecule has 55 nitrogen and oxygen atoms in total. The topological polar surface area (TPSA) is 978 Å². The predicted molar refractivity (Wildman–Crippen MR) is 496 cm³/mol. The molecule has 14 atom stereocenters. The van der Waals surface area contributed by atoms with Gasteiger partial charge in [-0.25, -0.2) is 4.79 Å². The van der Waals surface area contributed by atoms with Crippen LogP contribution in [0.5, 0.6) is 5.75 Å². The number of nitrogens with two attached hydrogens (primary N) is 10. The highest BCUT2D eigenvalue weighted by Gasteiger charge is 2.38. The molecule has 0 unspecified atom stereocenters. The third-order valence-corrected chi connectivity index (χ3v) is 20.6. The molecule has 0 saturated heterocycles. The normalized spacial score (nSPS) is 14.0. The lowest BCUT2D eigenvalue weighted by atomic mass is 9.97. The van der Waals surface area contributed by atoms with Crippen molar-refractivity contribution in [3.8, 4) is 5.75 Å². The lowest BCUT2D eigenvalue weighted by Gasteiger charge is -2.28. The Balaban J connectivity index is 3.96. The van der Waals surface area contributed by atoms with Crippen molar-refractivity contribution in [3.05, 3.63) is 29.8 Å². The summed E-state index contributed by atoms with van der Waals surface area (Å²) >= 11 is 3.97. The zero-order chi connectivity index (χ0) is 101. The number of phenolic OH excluding ortho intramolecular Hbond substituents is 1. The van der Waals surface area contributed by atoms with E-state index in [1.54, 1.807) is 13.8 Å². The van der Waals surface area contributed by atoms with Crippen molar-refractivity contribution < 1.29 is 92.0 Å². The highest BCUT2D eigenvalue weighted by atomic mass is 32.1. The van der Waals surface area contributed by atoms with E-state index in [0.717, 1.165) is 0 Å². The highest BCUT2D eigenvalue weighted by molar-refractivity contribution is 7.80. The minimum absolute atomic E-state index is 0.00683. The van der Waals surface area contributed by atoms with Crippen molar-refractivity contribution in [3.63, 3.8) is 0 Å². The van der Waals surface area contributed by atoms with Crippen molar-refractivity contribution in [1.82, 2.24) is 106 Å². The van der Waals surface area contributed by atoms with Crippen LogP contribution in [0.4, 0.5) is 0 Å². The standard InChI is InChI=1S/C78H142N36O19S/c1-3-41(2)59(114-58(119)38-101-60(120)44(81)40-134)71(131)113-55(39-115)70(130)112-54(36-42-22-24-43(116)25-23-42)61(121)102-37-57(118)103-45(16-8-30-95-73(83)84)62(122)104-46(14-4-6-28-79)63(123)105-47(15-5-7-29-80)64(124)106-48(17-9-31-96-74(85)86)65(125)107-50(19-11-33-98-76(89)90)67(127)110-52(26-27-56(82)117)69(129)109-49(18-10-32-97-75(87)88)66(126)108-51(20-12-34-99-77(91)92)68(128)111-53(72(132)133)21-13-35-100-78(93)94/h22-25,41,44-55,59,115-116,134H,3-21,26-40,79-81H2,1-2H3,(H2,82,117)(H,101,120)(H,102,121)(H,103,118)(H,104,122)(H,105,123)(H,106,124)(H,107,125)(H,108,126)(H,109,129)(H,110,127)(H,111,128)(H,112,130)(H,113,131)(H,114,119)(H,132,133)(H4,83,84,95)(H4,85,86,96)(H4,87,88,97)(H4,89,90,98)(H4,91,92,99)(H4,93,94,100)/t41-,44-,45-,46-,47-,48-,49-,50-,51-,52-,53-,54-,55-,59-/m0/s1. The van der Waals surface area contributed by atoms with E-state index in [2.05, 4.69) is 119 Å². The second-order valence-electron chi connectivity index (χ2n) is 31.2. The lowest BCUT2D eigenvalue weighted by Crippen LogP contribution is -2.60. The van der Waals surface area contributed by atoms with Crippen LogP contribution in [0.15, 0.2) is 24.3 Å². The number of thiol groups is 1. The van der Waals surface area contributed by atoms with Crippen molar-refractivity contribution in [2.45, 2.75) is 234 Å². The molecule has 134 heavy (non-hydrogen) atoms. The maximum atomic E-state index is 15.0. The number of aromatic hydroxyl groups is 1. The summed E-state index contributed by atoms with van der Waals surface area (Å²) < 4.78 is 0. The van der Waals surface area contributed by atoms with Gasteiger partial charge in [0.2, 0.25) is 88.6 Å². The number of hydrogen-bond donors (Lipinski definition) is 40. The van der Waals surface area contributed by atoms with Crippen LogP contribution in [-0.4, -0.2) is 302 Å². The number of hydrogen-bond acceptors (Lipinski definition) is 28. The number of rotatable bonds is 70. The Morgan fingerprint density at radius 3 is 0.925 bits per heavy atom. The Labute approximate surface area is 780 Å². The van der Waals surface area contributed by atoms with E-state index in [4.69, 9.17) is 89.8 Å². The maximum absolute atomic E-state index is 15.0. The van der Waals surface area contributed by atoms with Crippen molar-refractivity contribution >= 4 is 143 Å². The van der Waals surface area contributed by atoms with Gasteiger partial charge in [0.05, 0.1) is 25.7 Å². The number of amides is 15. The largest absolute Gasteiger partial charge is 0.508 e. The molecule has 49 N–H and O–H groups in total. The van der Waals surface area contributed by atoms with Gasteiger partial charge in [0.15, 0.2) is 35.8 Å². The Kier molecular flexibility index (Phi) is 58.9. The Hall–Kier alpha value is -13.6. The van der Waals surface area contributed by atoms with Gasteiger partial charge < -0.3 is 179 Å². The fourth-order valence-electron chi connectivity index (χ4n) is 12.7. The molecule has 754 valence electrons. The molecule has 1 rings (SSSR count). The van der Waals surface area contributed by atoms with Crippen LogP contribution in [0.3, 0.4) is 0 Å². The molecule has 0 fully saturated rings. The molecule has 0 radical (unpaired) electrons. The SMILES string of the molecule is CC[C@H](C)[C@H](NC(=O)CNC(=O)[C@@H](N)CS)C(=O)N[C@@H](CO)C(=O)N[C@@H](Cc1ccc(O)cc1)C(=O)NCC(=O)N[C@@H](CCCNC(=N)N)C(=O)N[C@@H](CCCCN)C(=O)N[C@@H](CCCCN)C(=O)N[C@@H](CCCNC(=N)N)C(=O)N[C@@H](CCCNC(=N)N)C(=O)N[C@@H](CCC(N)=O)C(=O)N[C@@H](CCCNC(=N)N)C(=O)N[C@@H](CCCNC(=N)N)C(=O)N[C@@H](CCCNC(=N)N)C(=O)O. The second kappa shape index (κ2) is 66.7. The van der Waals surface area contributed by atoms with Crippen LogP contribution in [0, 0.1) is 38.4 Å². The number of nitrogens with one attached hydrogen (secondary N) is 26. The van der Waals surface area contributed by atoms with E-state index >= 15 is 0 Å². The molecule has 56 heteroatoms. The summed E-state index contributed by atoms with van der Waals surface area (Å²) in [5, 5.41) is 127. The molecule has 0 aliphatic rings. The summed E-state index contributed by atoms with van der Waals surface area (Å²) in [4.78, 5) is 224. The fraction of sp³-hybridized carbons (Fsp3) is 0.641. The fourth-order valence-corrected chi connectivity index (χ4v) is 12.8. The Bertz CT molecular complexity index is 4050. The minimum atomic E-state index is -1.79. The van der Waals surface area contributed by atoms with Crippen LogP contribution in [0.1, 0.15) is 154 Å². The zero-order valence-electron chi connectivity index (χ0n) is 75.5. The van der Waals surface area contributed by atoms with Crippen molar-refractivity contribution in [2.24, 2.45) is 63.3 Å². The van der Waals surface area contributed by atoms with E-state index in [0.29, 0.717) is 18.4 Å². The Morgan fingerprint density at radius 2 is 0.627 bits per heavy atom. The third kappa shape index (κ3) is 51.8. The summed E-state index contributed by atoms with van der Waals surface area (Å²) in [5.41, 5.74) is 56.4. The molecule has 0 spiro atoms. The van der Waals surface area contributed by atoms with Gasteiger partial charge >= 0.3 is 5.97 Å². The van der Waals surface area contributed by atoms with Gasteiger partial charge in [0.25, 0.3) is 0 Å². The van der Waals surface area contributed by atoms with Gasteiger partial charge in [0, 0.05) is 57.9 Å². The van der Waals surface area contributed by atoms with Crippen LogP contribution in [-0.2, 0) is 83.1 Å². The van der Waals surface area contributed by atoms with Gasteiger partial charge in [0.1, 0.15) is 78.3 Å². The number of carboxylic acids is 1. The van der Waals surface area contributed by atoms with E-state index < -0.39 is 247 Å². The lowest BCUT2D eigenvalue weighted by molar-refractivity contribution is -0.142. The highest BCUT2D eigenvalue weighted by Crippen LogP contribution is 2.16. The molecule has 1 aromatic rings. The molecular formula is C78H142N36O19S. The van der Waals surface area contributed by atoms with Crippen LogP contribution in [0.2, 0.25) is 0 Å². The number of carboxylic acid groups (broad SMARTS) is 1. The first-order valence-corrected chi connectivity index (χ1v) is 44.4. The first-order valence-electron chi connectivity index (χ1n) is 43.7. The smallest absolute Gasteiger partial charge is 0.326 e. The number of aliphatic hydroxyl groups is 1. The van der Waals surface area contributed by atoms with Gasteiger partial charge in [-0.05, 0) is 159 Å². The summed E-state index contributed by atoms with van der Waals surface area (Å²) in [5.74, 6) is -19.9. The van der Waals surface area contributed by atoms with Gasteiger partial charge in [-0.3, -0.25) is 104 Å². The first-order chi connectivity index (χ1) is 63.4. The predicted octanol–water partition coefficient (Wildman–Crippen LogP) is -12.5. The van der Waals surface area contributed by atoms with Crippen molar-refractivity contribution in [1.29, 1.82) is 32.5 Å². The number of unbranched alkanes of at least 4 members (excludes halogenated alkanes) is 2. The number of carbonyl (C=O) groups is 16. The van der Waals surface area contributed by atoms with Crippen LogP contribution >= 0.6 is 12.6 Å². The average Bonchev–Trinajstić information content (AvgIpc) is 0.856. The molecule has 0 aromatic heterocycles. The number of guanidine groups is 6. The van der Waals surface area contributed by atoms with E-state index in [9.17, 15) is 92.0 Å². The molecule has 1 aromatic carbocycles. The van der Waals surface area contributed by atoms with Gasteiger partial charge in [-0.15, -0.1) is 0 Å². The van der Waals surface area contributed by atoms with Gasteiger partial charge in [-0.1, -0.05) is 32.4 Å². The molecule has 0 heterocycles. The second-order valence-corrected chi connectivity index (χ2v) is 31.6. The first kappa shape index (κ1) is 118. The third-order valence-electron chi connectivity index (χ3n) is 20.2. The molecule has 0 saturated carbocycles. The van der Waals surface area contributed by atoms with E-state index in [1.165, 1.54) is 24.3 Å². The summed E-state index contributed by atoms with van der Waals surface area (Å²) in [6.07, 6.45) is -2.07. The molecule has 0 aliphatic carbocycles. The number of aliphatic carboxylic acids is 1. The molecule has 0 aliphatic heterocycles. The summed E-state index contributed by atoms with van der Waals surface area (Å²) in [6, 6.07) is -14.8. The number of aliphatic hydroxyl groups excluding tert-OH is 1. The monoisotopic (exact) mass is 1920 g/mol. The zero-order valence-corrected chi connectivity index (χ0v) is 76.4. The summed E-state index contributed by atoms with van der Waals surface area (Å²) in [6.45, 7) is 0.785. The van der Waals surface area contributed by atoms with Crippen LogP contribution < -0.4 is 164 Å². The number of carbonyl (C=O) groups excluding carboxylic acids is 15.